The molecule has 1 aromatic carbocycles. The molecule has 1 aliphatic rings. The zero-order chi connectivity index (χ0) is 17.2. The number of aromatic nitrogens is 2. The van der Waals surface area contributed by atoms with Gasteiger partial charge in [-0.25, -0.2) is 0 Å². The van der Waals surface area contributed by atoms with Crippen molar-refractivity contribution in [1.82, 2.24) is 15.0 Å². The minimum absolute atomic E-state index is 0.0451. The molecule has 2 aromatic heterocycles. The second-order valence-electron chi connectivity index (χ2n) is 6.30. The van der Waals surface area contributed by atoms with E-state index in [1.165, 1.54) is 0 Å². The molecule has 1 fully saturated rings. The molecule has 1 aliphatic heterocycles. The Morgan fingerprint density at radius 1 is 1.16 bits per heavy atom. The van der Waals surface area contributed by atoms with Crippen LogP contribution < -0.4 is 0 Å². The van der Waals surface area contributed by atoms with Crippen LogP contribution in [-0.4, -0.2) is 34.7 Å². The summed E-state index contributed by atoms with van der Waals surface area (Å²) in [6.45, 7) is 6.25. The van der Waals surface area contributed by atoms with Crippen molar-refractivity contribution in [3.63, 3.8) is 0 Å². The highest BCUT2D eigenvalue weighted by atomic mass is 16.5. The van der Waals surface area contributed by atoms with Gasteiger partial charge in [0.2, 0.25) is 0 Å². The maximum absolute atomic E-state index is 5.87. The highest BCUT2D eigenvalue weighted by Crippen LogP contribution is 2.29. The van der Waals surface area contributed by atoms with E-state index >= 15 is 0 Å². The van der Waals surface area contributed by atoms with E-state index in [0.29, 0.717) is 18.3 Å². The van der Waals surface area contributed by atoms with E-state index in [2.05, 4.69) is 22.0 Å². The van der Waals surface area contributed by atoms with Gasteiger partial charge in [0.05, 0.1) is 12.6 Å². The first kappa shape index (κ1) is 16.1. The molecule has 1 saturated heterocycles. The number of morpholine rings is 1. The number of rotatable bonds is 4. The van der Waals surface area contributed by atoms with Gasteiger partial charge in [-0.05, 0) is 38.1 Å². The van der Waals surface area contributed by atoms with Crippen molar-refractivity contribution < 1.29 is 13.7 Å². The Labute approximate surface area is 146 Å². The Balaban J connectivity index is 1.49. The molecule has 130 valence electrons. The fraction of sp³-hybridized carbons (Fsp3) is 0.368. The van der Waals surface area contributed by atoms with E-state index in [1.807, 2.05) is 49.4 Å². The lowest BCUT2D eigenvalue weighted by molar-refractivity contribution is -0.0537. The van der Waals surface area contributed by atoms with Gasteiger partial charge in [0.1, 0.15) is 17.6 Å². The molecule has 6 nitrogen and oxygen atoms in total. The van der Waals surface area contributed by atoms with Crippen molar-refractivity contribution in [2.75, 3.05) is 19.7 Å². The molecule has 2 atom stereocenters. The summed E-state index contributed by atoms with van der Waals surface area (Å²) in [5.41, 5.74) is 0.930. The van der Waals surface area contributed by atoms with Crippen LogP contribution in [0.25, 0.3) is 11.5 Å². The lowest BCUT2D eigenvalue weighted by Gasteiger charge is -2.34. The zero-order valence-corrected chi connectivity index (χ0v) is 14.4. The van der Waals surface area contributed by atoms with Gasteiger partial charge in [0.25, 0.3) is 5.89 Å². The van der Waals surface area contributed by atoms with Gasteiger partial charge >= 0.3 is 0 Å². The van der Waals surface area contributed by atoms with E-state index in [0.717, 1.165) is 30.2 Å². The number of hydrogen-bond donors (Lipinski definition) is 0. The number of hydrogen-bond acceptors (Lipinski definition) is 6. The van der Waals surface area contributed by atoms with Gasteiger partial charge in [-0.2, -0.15) is 4.98 Å². The van der Waals surface area contributed by atoms with E-state index in [9.17, 15) is 0 Å². The average Bonchev–Trinajstić information content (AvgIpc) is 3.31. The molecule has 6 heteroatoms. The molecule has 3 heterocycles. The van der Waals surface area contributed by atoms with E-state index in [-0.39, 0.29) is 12.1 Å². The molecule has 0 N–H and O–H groups in total. The van der Waals surface area contributed by atoms with Crippen LogP contribution in [0.15, 0.2) is 51.4 Å². The predicted molar refractivity (Wildman–Crippen MR) is 91.9 cm³/mol. The van der Waals surface area contributed by atoms with Crippen LogP contribution in [0.2, 0.25) is 0 Å². The van der Waals surface area contributed by atoms with Gasteiger partial charge in [-0.1, -0.05) is 23.4 Å². The molecular formula is C19H21N3O3. The van der Waals surface area contributed by atoms with E-state index < -0.39 is 0 Å². The number of aryl methyl sites for hydroxylation is 1. The van der Waals surface area contributed by atoms with Gasteiger partial charge in [-0.15, -0.1) is 0 Å². The Hall–Kier alpha value is -2.44. The van der Waals surface area contributed by atoms with Crippen molar-refractivity contribution in [2.45, 2.75) is 26.0 Å². The zero-order valence-electron chi connectivity index (χ0n) is 14.4. The van der Waals surface area contributed by atoms with Crippen molar-refractivity contribution in [3.8, 4) is 11.5 Å². The molecule has 4 rings (SSSR count). The molecule has 0 radical (unpaired) electrons. The summed E-state index contributed by atoms with van der Waals surface area (Å²) in [6.07, 6.45) is -0.0644. The van der Waals surface area contributed by atoms with Crippen molar-refractivity contribution in [2.24, 2.45) is 0 Å². The molecule has 0 bridgehead atoms. The monoisotopic (exact) mass is 339 g/mol. The first-order valence-corrected chi connectivity index (χ1v) is 8.52. The number of furan rings is 1. The lowest BCUT2D eigenvalue weighted by Crippen LogP contribution is -2.40. The summed E-state index contributed by atoms with van der Waals surface area (Å²) >= 11 is 0. The topological polar surface area (TPSA) is 64.5 Å². The van der Waals surface area contributed by atoms with Crippen molar-refractivity contribution in [1.29, 1.82) is 0 Å². The Bertz CT molecular complexity index is 827. The molecule has 0 aliphatic carbocycles. The van der Waals surface area contributed by atoms with Gasteiger partial charge < -0.3 is 13.7 Å². The molecule has 0 spiro atoms. The van der Waals surface area contributed by atoms with Crippen LogP contribution in [0.1, 0.15) is 36.4 Å². The summed E-state index contributed by atoms with van der Waals surface area (Å²) in [4.78, 5) is 6.87. The minimum Gasteiger partial charge on any atom is -0.464 e. The van der Waals surface area contributed by atoms with E-state index in [4.69, 9.17) is 13.7 Å². The normalized spacial score (nSPS) is 19.8. The van der Waals surface area contributed by atoms with Crippen LogP contribution in [-0.2, 0) is 4.74 Å². The third kappa shape index (κ3) is 3.36. The SMILES string of the molecule is Cc1ccc([C@H]2CN([C@@H](C)c3noc(-c4ccccc4)n3)CCO2)o1. The van der Waals surface area contributed by atoms with Gasteiger partial charge in [0, 0.05) is 18.7 Å². The molecule has 0 amide bonds. The molecule has 0 saturated carbocycles. The number of benzene rings is 1. The van der Waals surface area contributed by atoms with Crippen LogP contribution in [0, 0.1) is 6.92 Å². The van der Waals surface area contributed by atoms with Crippen LogP contribution in [0.4, 0.5) is 0 Å². The molecule has 3 aromatic rings. The highest BCUT2D eigenvalue weighted by molar-refractivity contribution is 5.52. The summed E-state index contributed by atoms with van der Waals surface area (Å²) in [5.74, 6) is 3.01. The average molecular weight is 339 g/mol. The molecular weight excluding hydrogens is 318 g/mol. The van der Waals surface area contributed by atoms with Crippen LogP contribution in [0.3, 0.4) is 0 Å². The Morgan fingerprint density at radius 2 is 2.00 bits per heavy atom. The largest absolute Gasteiger partial charge is 0.464 e. The van der Waals surface area contributed by atoms with Gasteiger partial charge in [-0.3, -0.25) is 4.90 Å². The first-order valence-electron chi connectivity index (χ1n) is 8.52. The van der Waals surface area contributed by atoms with Crippen LogP contribution in [0.5, 0.6) is 0 Å². The quantitative estimate of drug-likeness (QED) is 0.721. The number of nitrogens with zero attached hydrogens (tertiary/aromatic N) is 3. The molecule has 0 unspecified atom stereocenters. The Kier molecular flexibility index (Phi) is 4.38. The maximum Gasteiger partial charge on any atom is 0.257 e. The van der Waals surface area contributed by atoms with Crippen LogP contribution >= 0.6 is 0 Å². The Morgan fingerprint density at radius 3 is 2.76 bits per heavy atom. The smallest absolute Gasteiger partial charge is 0.257 e. The predicted octanol–water partition coefficient (Wildman–Crippen LogP) is 3.77. The standard InChI is InChI=1S/C19H21N3O3/c1-13-8-9-16(24-13)17-12-22(10-11-23-17)14(2)18-20-19(25-21-18)15-6-4-3-5-7-15/h3-9,14,17H,10-12H2,1-2H3/t14-,17+/m0/s1. The fourth-order valence-electron chi connectivity index (χ4n) is 3.09. The fourth-order valence-corrected chi connectivity index (χ4v) is 3.09. The summed E-state index contributed by atoms with van der Waals surface area (Å²) < 4.78 is 17.0. The minimum atomic E-state index is -0.0644. The van der Waals surface area contributed by atoms with Gasteiger partial charge in [0.15, 0.2) is 5.82 Å². The van der Waals surface area contributed by atoms with Crippen molar-refractivity contribution in [3.05, 3.63) is 59.8 Å². The molecule has 25 heavy (non-hydrogen) atoms. The summed E-state index contributed by atoms with van der Waals surface area (Å²) in [7, 11) is 0. The summed E-state index contributed by atoms with van der Waals surface area (Å²) in [5, 5.41) is 4.18. The number of ether oxygens (including phenoxy) is 1. The highest BCUT2D eigenvalue weighted by Gasteiger charge is 2.30. The third-order valence-corrected chi connectivity index (χ3v) is 4.56. The lowest BCUT2D eigenvalue weighted by atomic mass is 10.1. The third-order valence-electron chi connectivity index (χ3n) is 4.56. The second kappa shape index (κ2) is 6.82. The second-order valence-corrected chi connectivity index (χ2v) is 6.30. The van der Waals surface area contributed by atoms with Crippen molar-refractivity contribution >= 4 is 0 Å². The summed E-state index contributed by atoms with van der Waals surface area (Å²) in [6, 6.07) is 13.8. The first-order chi connectivity index (χ1) is 12.2. The maximum atomic E-state index is 5.87. The van der Waals surface area contributed by atoms with E-state index in [1.54, 1.807) is 0 Å².